The molecule has 1 fully saturated rings. The van der Waals surface area contributed by atoms with Crippen LogP contribution in [0.3, 0.4) is 0 Å². The Labute approximate surface area is 260 Å². The van der Waals surface area contributed by atoms with E-state index in [2.05, 4.69) is 16.8 Å². The maximum atomic E-state index is 13.7. The Bertz CT molecular complexity index is 1780. The van der Waals surface area contributed by atoms with Gasteiger partial charge in [-0.3, -0.25) is 14.5 Å². The van der Waals surface area contributed by atoms with Crippen molar-refractivity contribution < 1.29 is 47.2 Å². The summed E-state index contributed by atoms with van der Waals surface area (Å²) < 4.78 is 51.5. The number of esters is 1. The van der Waals surface area contributed by atoms with Gasteiger partial charge in [0.15, 0.2) is 17.1 Å². The molecule has 0 radical (unpaired) electrons. The Balaban J connectivity index is 0.000000414. The molecule has 0 unspecified atom stereocenters. The highest BCUT2D eigenvalue weighted by atomic mass is 19.4. The first-order valence-electron chi connectivity index (χ1n) is 14.9. The number of carbonyl (C=O) groups is 2. The molecular formula is C31H33F3N4O8. The average molecular weight is 647 g/mol. The van der Waals surface area contributed by atoms with Crippen LogP contribution >= 0.6 is 0 Å². The minimum Gasteiger partial charge on any atom is -0.486 e. The number of aliphatic hydroxyl groups is 1. The van der Waals surface area contributed by atoms with Gasteiger partial charge in [0.1, 0.15) is 26.2 Å². The first-order chi connectivity index (χ1) is 21.8. The highest BCUT2D eigenvalue weighted by Gasteiger charge is 2.45. The van der Waals surface area contributed by atoms with E-state index >= 15 is 0 Å². The number of likely N-dealkylation sites (N-methyl/N-ethyl adjacent to an activating group) is 1. The van der Waals surface area contributed by atoms with Gasteiger partial charge in [-0.25, -0.2) is 9.78 Å². The molecule has 4 aliphatic rings. The molecule has 7 rings (SSSR count). The standard InChI is InChI=1S/C28H30N4O6.C3H3F3O2/c1-3-28(35)20-11-22-25-18(14-32(22)26(33)19(20)15-38-27(28)34)17(13-31-6-4-30(2)5-7-31)16-10-23-24(12-21(16)29-25)37-9-8-36-23;4-3(5,6)1-2(7)8/h10-12,35H,3-9,13-15H2,1-2H3;1H2,(H,7,8)/t28-;/m0./s1. The van der Waals surface area contributed by atoms with Gasteiger partial charge in [0.25, 0.3) is 5.56 Å². The van der Waals surface area contributed by atoms with Gasteiger partial charge >= 0.3 is 18.1 Å². The van der Waals surface area contributed by atoms with Crippen LogP contribution in [-0.2, 0) is 39.6 Å². The molecule has 1 aromatic carbocycles. The van der Waals surface area contributed by atoms with Crippen molar-refractivity contribution in [2.75, 3.05) is 46.4 Å². The first-order valence-corrected chi connectivity index (χ1v) is 14.9. The third-order valence-corrected chi connectivity index (χ3v) is 8.80. The number of hydrogen-bond donors (Lipinski definition) is 2. The normalized spacial score (nSPS) is 20.7. The molecule has 6 heterocycles. The molecule has 0 bridgehead atoms. The second-order valence-electron chi connectivity index (χ2n) is 11.8. The summed E-state index contributed by atoms with van der Waals surface area (Å²) in [7, 11) is 2.14. The Kier molecular flexibility index (Phi) is 8.19. The van der Waals surface area contributed by atoms with Crippen LogP contribution < -0.4 is 15.0 Å². The Morgan fingerprint density at radius 3 is 2.30 bits per heavy atom. The van der Waals surface area contributed by atoms with Crippen molar-refractivity contribution in [2.45, 2.75) is 51.2 Å². The topological polar surface area (TPSA) is 144 Å². The lowest BCUT2D eigenvalue weighted by Gasteiger charge is -2.33. The number of hydrogen-bond acceptors (Lipinski definition) is 10. The van der Waals surface area contributed by atoms with E-state index in [0.29, 0.717) is 53.8 Å². The van der Waals surface area contributed by atoms with Crippen LogP contribution in [0.2, 0.25) is 0 Å². The highest BCUT2D eigenvalue weighted by molar-refractivity contribution is 5.91. The first kappa shape index (κ1) is 31.8. The molecule has 2 N–H and O–H groups in total. The number of aromatic nitrogens is 2. The van der Waals surface area contributed by atoms with Crippen molar-refractivity contribution in [1.29, 1.82) is 0 Å². The van der Waals surface area contributed by atoms with Gasteiger partial charge in [-0.05, 0) is 31.2 Å². The van der Waals surface area contributed by atoms with Crippen molar-refractivity contribution in [3.8, 4) is 22.9 Å². The molecule has 4 aliphatic heterocycles. The van der Waals surface area contributed by atoms with E-state index in [1.165, 1.54) is 0 Å². The lowest BCUT2D eigenvalue weighted by molar-refractivity contribution is -0.172. The summed E-state index contributed by atoms with van der Waals surface area (Å²) in [6.45, 7) is 7.52. The van der Waals surface area contributed by atoms with Crippen molar-refractivity contribution in [3.63, 3.8) is 0 Å². The maximum absolute atomic E-state index is 13.7. The Hall–Kier alpha value is -4.21. The molecule has 3 aromatic rings. The van der Waals surface area contributed by atoms with E-state index in [9.17, 15) is 32.7 Å². The molecule has 15 heteroatoms. The van der Waals surface area contributed by atoms with Crippen LogP contribution in [-0.4, -0.2) is 94.1 Å². The number of nitrogens with zero attached hydrogens (tertiary/aromatic N) is 4. The molecular weight excluding hydrogens is 613 g/mol. The number of alkyl halides is 3. The van der Waals surface area contributed by atoms with E-state index in [-0.39, 0.29) is 18.6 Å². The van der Waals surface area contributed by atoms with Crippen LogP contribution in [0, 0.1) is 0 Å². The van der Waals surface area contributed by atoms with E-state index in [0.717, 1.165) is 54.8 Å². The number of fused-ring (bicyclic) bond motifs is 6. The van der Waals surface area contributed by atoms with E-state index in [4.69, 9.17) is 24.3 Å². The zero-order chi connectivity index (χ0) is 33.0. The van der Waals surface area contributed by atoms with Crippen molar-refractivity contribution in [1.82, 2.24) is 19.4 Å². The fourth-order valence-corrected chi connectivity index (χ4v) is 6.28. The van der Waals surface area contributed by atoms with Gasteiger partial charge in [0, 0.05) is 55.3 Å². The number of ether oxygens (including phenoxy) is 3. The minimum atomic E-state index is -4.58. The number of piperazine rings is 1. The van der Waals surface area contributed by atoms with Crippen LogP contribution in [0.15, 0.2) is 23.0 Å². The van der Waals surface area contributed by atoms with E-state index < -0.39 is 30.1 Å². The molecule has 1 saturated heterocycles. The summed E-state index contributed by atoms with van der Waals surface area (Å²) in [5, 5.41) is 19.7. The molecule has 0 saturated carbocycles. The smallest absolute Gasteiger partial charge is 0.399 e. The molecule has 0 amide bonds. The number of benzene rings is 1. The fourth-order valence-electron chi connectivity index (χ4n) is 6.28. The van der Waals surface area contributed by atoms with Crippen LogP contribution in [0.5, 0.6) is 11.5 Å². The molecule has 12 nitrogen and oxygen atoms in total. The quantitative estimate of drug-likeness (QED) is 0.316. The van der Waals surface area contributed by atoms with Gasteiger partial charge in [0.05, 0.1) is 29.0 Å². The van der Waals surface area contributed by atoms with Gasteiger partial charge in [-0.2, -0.15) is 13.2 Å². The second kappa shape index (κ2) is 11.9. The number of pyridine rings is 2. The third-order valence-electron chi connectivity index (χ3n) is 8.80. The van der Waals surface area contributed by atoms with Crippen molar-refractivity contribution in [3.05, 3.63) is 50.8 Å². The number of aliphatic carboxylic acids is 1. The highest BCUT2D eigenvalue weighted by Crippen LogP contribution is 2.43. The summed E-state index contributed by atoms with van der Waals surface area (Å²) in [5.74, 6) is -1.21. The van der Waals surface area contributed by atoms with Crippen LogP contribution in [0.1, 0.15) is 42.0 Å². The predicted octanol–water partition coefficient (Wildman–Crippen LogP) is 2.62. The Morgan fingerprint density at radius 1 is 1.02 bits per heavy atom. The number of rotatable bonds is 4. The molecule has 0 spiro atoms. The number of cyclic esters (lactones) is 1. The monoisotopic (exact) mass is 646 g/mol. The molecule has 246 valence electrons. The van der Waals surface area contributed by atoms with Crippen LogP contribution in [0.25, 0.3) is 22.3 Å². The Morgan fingerprint density at radius 2 is 1.70 bits per heavy atom. The number of carboxylic acids is 1. The maximum Gasteiger partial charge on any atom is 0.399 e. The summed E-state index contributed by atoms with van der Waals surface area (Å²) in [6.07, 6.45) is -6.23. The average Bonchev–Trinajstić information content (AvgIpc) is 3.37. The molecule has 46 heavy (non-hydrogen) atoms. The third kappa shape index (κ3) is 5.78. The van der Waals surface area contributed by atoms with Gasteiger partial charge in [-0.15, -0.1) is 0 Å². The van der Waals surface area contributed by atoms with Crippen LogP contribution in [0.4, 0.5) is 13.2 Å². The minimum absolute atomic E-state index is 0.109. The number of carboxylic acid groups (broad SMARTS) is 1. The molecule has 2 aromatic heterocycles. The lowest BCUT2D eigenvalue weighted by Crippen LogP contribution is -2.44. The van der Waals surface area contributed by atoms with Crippen molar-refractivity contribution >= 4 is 22.8 Å². The number of carbonyl (C=O) groups excluding carboxylic acids is 1. The van der Waals surface area contributed by atoms with Crippen molar-refractivity contribution in [2.24, 2.45) is 0 Å². The zero-order valence-electron chi connectivity index (χ0n) is 25.3. The predicted molar refractivity (Wildman–Crippen MR) is 157 cm³/mol. The SMILES string of the molecule is CC[C@@]1(O)C(=O)OCc2c1cc1n(c2=O)Cc2c-1nc1cc3c(cc1c2CN1CCN(C)CC1)OCCO3.O=C(O)CC(F)(F)F. The summed E-state index contributed by atoms with van der Waals surface area (Å²) >= 11 is 0. The zero-order valence-corrected chi connectivity index (χ0v) is 25.3. The molecule has 1 atom stereocenters. The second-order valence-corrected chi connectivity index (χ2v) is 11.8. The van der Waals surface area contributed by atoms with Gasteiger partial charge in [-0.1, -0.05) is 6.92 Å². The summed E-state index contributed by atoms with van der Waals surface area (Å²) in [6, 6.07) is 5.70. The lowest BCUT2D eigenvalue weighted by atomic mass is 9.86. The summed E-state index contributed by atoms with van der Waals surface area (Å²) in [5.41, 5.74) is 2.73. The largest absolute Gasteiger partial charge is 0.486 e. The molecule has 0 aliphatic carbocycles. The fraction of sp³-hybridized carbons (Fsp3) is 0.484. The van der Waals surface area contributed by atoms with E-state index in [1.54, 1.807) is 17.6 Å². The van der Waals surface area contributed by atoms with Gasteiger partial charge in [0.2, 0.25) is 0 Å². The van der Waals surface area contributed by atoms with Gasteiger partial charge < -0.3 is 33.9 Å². The van der Waals surface area contributed by atoms with E-state index in [1.807, 2.05) is 12.1 Å². The number of halogens is 3. The summed E-state index contributed by atoms with van der Waals surface area (Å²) in [4.78, 5) is 45.3.